The van der Waals surface area contributed by atoms with Crippen LogP contribution < -0.4 is 4.72 Å². The predicted octanol–water partition coefficient (Wildman–Crippen LogP) is 1.24. The molecule has 1 amide bonds. The first-order valence-corrected chi connectivity index (χ1v) is 7.89. The Bertz CT molecular complexity index is 570. The highest BCUT2D eigenvalue weighted by Gasteiger charge is 2.21. The monoisotopic (exact) mass is 302 g/mol. The van der Waals surface area contributed by atoms with E-state index in [4.69, 9.17) is 11.6 Å². The molecule has 5 nitrogen and oxygen atoms in total. The van der Waals surface area contributed by atoms with E-state index in [9.17, 15) is 13.2 Å². The van der Waals surface area contributed by atoms with Crippen molar-refractivity contribution >= 4 is 27.5 Å². The summed E-state index contributed by atoms with van der Waals surface area (Å²) in [5.74, 6) is -0.0203. The molecule has 2 rings (SSSR count). The number of nitrogens with one attached hydrogen (secondary N) is 1. The number of amides is 1. The minimum absolute atomic E-state index is 0.0203. The second kappa shape index (κ2) is 5.90. The lowest BCUT2D eigenvalue weighted by Gasteiger charge is -2.30. The maximum Gasteiger partial charge on any atom is 0.242 e. The maximum atomic E-state index is 12.0. The lowest BCUT2D eigenvalue weighted by molar-refractivity contribution is -0.134. The molecule has 1 saturated heterocycles. The summed E-state index contributed by atoms with van der Waals surface area (Å²) in [6.07, 6.45) is 1.20. The Morgan fingerprint density at radius 3 is 2.58 bits per heavy atom. The van der Waals surface area contributed by atoms with Gasteiger partial charge in [-0.25, -0.2) is 13.1 Å². The van der Waals surface area contributed by atoms with Gasteiger partial charge in [-0.05, 0) is 18.6 Å². The van der Waals surface area contributed by atoms with Gasteiger partial charge in [0.05, 0.1) is 5.02 Å². The third-order valence-electron chi connectivity index (χ3n) is 2.97. The molecule has 0 atom stereocenters. The molecule has 0 radical (unpaired) electrons. The number of nitrogens with zero attached hydrogens (tertiary/aromatic N) is 1. The summed E-state index contributed by atoms with van der Waals surface area (Å²) in [5.41, 5.74) is 0. The molecule has 19 heavy (non-hydrogen) atoms. The molecule has 1 heterocycles. The topological polar surface area (TPSA) is 66.5 Å². The number of likely N-dealkylation sites (tertiary alicyclic amines) is 1. The van der Waals surface area contributed by atoms with Crippen molar-refractivity contribution in [2.45, 2.75) is 17.7 Å². The van der Waals surface area contributed by atoms with Crippen LogP contribution in [-0.4, -0.2) is 38.9 Å². The van der Waals surface area contributed by atoms with Crippen LogP contribution in [0.1, 0.15) is 12.8 Å². The summed E-state index contributed by atoms with van der Waals surface area (Å²) < 4.78 is 26.3. The summed E-state index contributed by atoms with van der Waals surface area (Å²) in [5, 5.41) is 0.170. The molecule has 1 N–H and O–H groups in total. The molecule has 104 valence electrons. The van der Waals surface area contributed by atoms with Crippen LogP contribution in [0.5, 0.6) is 0 Å². The highest BCUT2D eigenvalue weighted by Crippen LogP contribution is 2.20. The smallest absolute Gasteiger partial charge is 0.242 e. The van der Waals surface area contributed by atoms with Gasteiger partial charge < -0.3 is 4.90 Å². The molecular formula is C12H15ClN2O3S. The van der Waals surface area contributed by atoms with E-state index in [-0.39, 0.29) is 28.8 Å². The van der Waals surface area contributed by atoms with E-state index >= 15 is 0 Å². The van der Waals surface area contributed by atoms with Gasteiger partial charge in [-0.1, -0.05) is 23.7 Å². The van der Waals surface area contributed by atoms with Crippen LogP contribution in [0.15, 0.2) is 29.2 Å². The average molecular weight is 303 g/mol. The van der Waals surface area contributed by atoms with Gasteiger partial charge in [0.25, 0.3) is 0 Å². The Balaban J connectivity index is 1.91. The van der Waals surface area contributed by atoms with Crippen LogP contribution in [0.2, 0.25) is 5.02 Å². The van der Waals surface area contributed by atoms with Crippen LogP contribution in [0.3, 0.4) is 0 Å². The summed E-state index contributed by atoms with van der Waals surface area (Å²) in [4.78, 5) is 13.3. The maximum absolute atomic E-state index is 12.0. The number of benzene rings is 1. The first-order chi connectivity index (χ1) is 9.00. The fourth-order valence-corrected chi connectivity index (χ4v) is 3.31. The molecule has 0 aliphatic carbocycles. The van der Waals surface area contributed by atoms with E-state index in [2.05, 4.69) is 4.72 Å². The predicted molar refractivity (Wildman–Crippen MR) is 72.5 cm³/mol. The number of rotatable bonds is 5. The van der Waals surface area contributed by atoms with Crippen LogP contribution >= 0.6 is 11.6 Å². The molecule has 1 fully saturated rings. The SMILES string of the molecule is O=C(CCNS(=O)(=O)c1ccccc1Cl)N1CCC1. The van der Waals surface area contributed by atoms with Crippen LogP contribution in [0.4, 0.5) is 0 Å². The second-order valence-electron chi connectivity index (χ2n) is 4.31. The fraction of sp³-hybridized carbons (Fsp3) is 0.417. The number of hydrogen-bond acceptors (Lipinski definition) is 3. The summed E-state index contributed by atoms with van der Waals surface area (Å²) in [7, 11) is -3.65. The molecule has 0 unspecified atom stereocenters. The fourth-order valence-electron chi connectivity index (χ4n) is 1.76. The number of hydrogen-bond donors (Lipinski definition) is 1. The third-order valence-corrected chi connectivity index (χ3v) is 4.93. The van der Waals surface area contributed by atoms with Crippen LogP contribution in [0.25, 0.3) is 0 Å². The normalized spacial score (nSPS) is 15.1. The quantitative estimate of drug-likeness (QED) is 0.890. The molecular weight excluding hydrogens is 288 g/mol. The van der Waals surface area contributed by atoms with Gasteiger partial charge in [0, 0.05) is 26.1 Å². The van der Waals surface area contributed by atoms with Gasteiger partial charge in [-0.2, -0.15) is 0 Å². The standard InChI is InChI=1S/C12H15ClN2O3S/c13-10-4-1-2-5-11(10)19(17,18)14-7-6-12(16)15-8-3-9-15/h1-2,4-5,14H,3,6-9H2. The van der Waals surface area contributed by atoms with E-state index in [0.29, 0.717) is 0 Å². The Kier molecular flexibility index (Phi) is 4.44. The molecule has 0 saturated carbocycles. The summed E-state index contributed by atoms with van der Waals surface area (Å²) in [6.45, 7) is 1.63. The Labute approximate surface area is 117 Å². The van der Waals surface area contributed by atoms with Gasteiger partial charge in [0.15, 0.2) is 0 Å². The number of carbonyl (C=O) groups is 1. The summed E-state index contributed by atoms with van der Waals surface area (Å²) in [6, 6.07) is 6.21. The van der Waals surface area contributed by atoms with Crippen molar-refractivity contribution in [1.82, 2.24) is 9.62 Å². The van der Waals surface area contributed by atoms with Gasteiger partial charge in [-0.15, -0.1) is 0 Å². The molecule has 1 aromatic rings. The van der Waals surface area contributed by atoms with Crippen molar-refractivity contribution in [1.29, 1.82) is 0 Å². The largest absolute Gasteiger partial charge is 0.343 e. The highest BCUT2D eigenvalue weighted by atomic mass is 35.5. The first-order valence-electron chi connectivity index (χ1n) is 6.03. The molecule has 1 aliphatic rings. The Morgan fingerprint density at radius 2 is 2.00 bits per heavy atom. The number of sulfonamides is 1. The van der Waals surface area contributed by atoms with E-state index in [1.807, 2.05) is 0 Å². The van der Waals surface area contributed by atoms with Gasteiger partial charge >= 0.3 is 0 Å². The summed E-state index contributed by atoms with van der Waals surface area (Å²) >= 11 is 5.84. The molecule has 7 heteroatoms. The van der Waals surface area contributed by atoms with Crippen molar-refractivity contribution in [2.75, 3.05) is 19.6 Å². The molecule has 0 spiro atoms. The minimum atomic E-state index is -3.65. The second-order valence-corrected chi connectivity index (χ2v) is 6.46. The Morgan fingerprint density at radius 1 is 1.32 bits per heavy atom. The van der Waals surface area contributed by atoms with Crippen LogP contribution in [-0.2, 0) is 14.8 Å². The zero-order chi connectivity index (χ0) is 13.9. The average Bonchev–Trinajstić information content (AvgIpc) is 2.26. The highest BCUT2D eigenvalue weighted by molar-refractivity contribution is 7.89. The van der Waals surface area contributed by atoms with Gasteiger partial charge in [0.2, 0.25) is 15.9 Å². The lowest BCUT2D eigenvalue weighted by Crippen LogP contribution is -2.43. The van der Waals surface area contributed by atoms with E-state index in [0.717, 1.165) is 19.5 Å². The first kappa shape index (κ1) is 14.3. The Hall–Kier alpha value is -1.11. The lowest BCUT2D eigenvalue weighted by atomic mass is 10.2. The third kappa shape index (κ3) is 3.46. The van der Waals surface area contributed by atoms with Crippen molar-refractivity contribution in [3.05, 3.63) is 29.3 Å². The van der Waals surface area contributed by atoms with Crippen LogP contribution in [0, 0.1) is 0 Å². The van der Waals surface area contributed by atoms with E-state index in [1.54, 1.807) is 17.0 Å². The molecule has 1 aliphatic heterocycles. The molecule has 1 aromatic carbocycles. The molecule has 0 aromatic heterocycles. The van der Waals surface area contributed by atoms with Crippen molar-refractivity contribution in [3.8, 4) is 0 Å². The van der Waals surface area contributed by atoms with E-state index in [1.165, 1.54) is 12.1 Å². The zero-order valence-corrected chi connectivity index (χ0v) is 11.9. The van der Waals surface area contributed by atoms with Gasteiger partial charge in [-0.3, -0.25) is 4.79 Å². The van der Waals surface area contributed by atoms with Gasteiger partial charge in [0.1, 0.15) is 4.90 Å². The minimum Gasteiger partial charge on any atom is -0.343 e. The van der Waals surface area contributed by atoms with E-state index < -0.39 is 10.0 Å². The van der Waals surface area contributed by atoms with Crippen molar-refractivity contribution in [2.24, 2.45) is 0 Å². The van der Waals surface area contributed by atoms with Crippen molar-refractivity contribution in [3.63, 3.8) is 0 Å². The van der Waals surface area contributed by atoms with Crippen molar-refractivity contribution < 1.29 is 13.2 Å². The number of halogens is 1. The molecule has 0 bridgehead atoms. The zero-order valence-electron chi connectivity index (χ0n) is 10.3. The number of carbonyl (C=O) groups excluding carboxylic acids is 1.